The van der Waals surface area contributed by atoms with Crippen molar-refractivity contribution < 1.29 is 0 Å². The van der Waals surface area contributed by atoms with Crippen molar-refractivity contribution in [1.82, 2.24) is 0 Å². The van der Waals surface area contributed by atoms with Crippen molar-refractivity contribution in [1.29, 1.82) is 0 Å². The first-order valence-electron chi connectivity index (χ1n) is 26.4. The largest absolute Gasteiger partial charge is 0.399 e. The second-order valence-electron chi connectivity index (χ2n) is 20.2. The van der Waals surface area contributed by atoms with Crippen LogP contribution >= 0.6 is 15.9 Å². The maximum atomic E-state index is 5.60. The van der Waals surface area contributed by atoms with E-state index in [0.29, 0.717) is 0 Å². The van der Waals surface area contributed by atoms with E-state index < -0.39 is 0 Å². The van der Waals surface area contributed by atoms with Crippen LogP contribution in [-0.2, 0) is 10.8 Å². The maximum Gasteiger partial charge on any atom is 0.0726 e. The Morgan fingerprint density at radius 3 is 1.01 bits per heavy atom. The topological polar surface area (TPSA) is 38.0 Å². The highest BCUT2D eigenvalue weighted by Gasteiger charge is 2.53. The Labute approximate surface area is 459 Å². The highest BCUT2D eigenvalue weighted by atomic mass is 79.9. The molecule has 77 heavy (non-hydrogen) atoms. The van der Waals surface area contributed by atoms with Crippen LogP contribution in [0.25, 0.3) is 66.8 Å². The summed E-state index contributed by atoms with van der Waals surface area (Å²) in [5, 5.41) is 3.78. The summed E-state index contributed by atoms with van der Waals surface area (Å²) >= 11 is 3.83. The summed E-state index contributed by atoms with van der Waals surface area (Å²) in [5.74, 6) is 0. The summed E-state index contributed by atoms with van der Waals surface area (Å²) < 4.78 is 1.17. The molecule has 0 unspecified atom stereocenters. The minimum atomic E-state index is -0.312. The Balaban J connectivity index is 0.000000119. The molecule has 0 amide bonds. The van der Waals surface area contributed by atoms with Gasteiger partial charge in [0, 0.05) is 32.7 Å². The van der Waals surface area contributed by atoms with Crippen molar-refractivity contribution >= 4 is 33.0 Å². The van der Waals surface area contributed by atoms with Gasteiger partial charge in [0.1, 0.15) is 0 Å². The Morgan fingerprint density at radius 1 is 0.260 bits per heavy atom. The average Bonchev–Trinajstić information content (AvgIpc) is 3.88. The molecule has 4 aliphatic rings. The lowest BCUT2D eigenvalue weighted by Crippen LogP contribution is -2.25. The first-order valence-corrected chi connectivity index (χ1v) is 27.2. The van der Waals surface area contributed by atoms with E-state index in [-0.39, 0.29) is 10.8 Å². The zero-order chi connectivity index (χ0) is 51.5. The summed E-state index contributed by atoms with van der Waals surface area (Å²) in [6.45, 7) is 0. The van der Waals surface area contributed by atoms with Crippen molar-refractivity contribution in [2.45, 2.75) is 10.8 Å². The zero-order valence-corrected chi connectivity index (χ0v) is 43.8. The van der Waals surface area contributed by atoms with Gasteiger partial charge in [0.15, 0.2) is 0 Å². The Bertz CT molecular complexity index is 4110. The number of anilines is 3. The van der Waals surface area contributed by atoms with Crippen molar-refractivity contribution in [2.24, 2.45) is 0 Å². The van der Waals surface area contributed by atoms with Gasteiger partial charge < -0.3 is 11.1 Å². The molecular formula is C74H51BrN2. The molecule has 12 aromatic carbocycles. The number of nitrogen functional groups attached to an aromatic ring is 1. The molecule has 0 bridgehead atoms. The number of hydrogen-bond acceptors (Lipinski definition) is 2. The molecule has 0 atom stereocenters. The fourth-order valence-corrected chi connectivity index (χ4v) is 13.8. The molecule has 2 spiro atoms. The van der Waals surface area contributed by atoms with Gasteiger partial charge in [-0.05, 0) is 137 Å². The van der Waals surface area contributed by atoms with Crippen molar-refractivity contribution in [3.05, 3.63) is 340 Å². The molecular weight excluding hydrogens is 997 g/mol. The van der Waals surface area contributed by atoms with Crippen molar-refractivity contribution in [3.8, 4) is 66.8 Å². The van der Waals surface area contributed by atoms with Gasteiger partial charge in [0.2, 0.25) is 0 Å². The fraction of sp³-hybridized carbons (Fsp3) is 0.0270. The van der Waals surface area contributed by atoms with Crippen LogP contribution in [0, 0.1) is 0 Å². The number of halogens is 1. The molecule has 364 valence electrons. The number of hydrogen-bond donors (Lipinski definition) is 2. The van der Waals surface area contributed by atoms with E-state index in [2.05, 4.69) is 270 Å². The van der Waals surface area contributed by atoms with E-state index in [0.717, 1.165) is 17.1 Å². The molecule has 0 aliphatic heterocycles. The molecule has 0 saturated heterocycles. The molecule has 0 heterocycles. The van der Waals surface area contributed by atoms with Crippen LogP contribution in [0.1, 0.15) is 44.5 Å². The van der Waals surface area contributed by atoms with E-state index in [1.54, 1.807) is 0 Å². The molecule has 16 rings (SSSR count). The van der Waals surface area contributed by atoms with Gasteiger partial charge in [-0.25, -0.2) is 0 Å². The molecule has 0 fully saturated rings. The predicted octanol–water partition coefficient (Wildman–Crippen LogP) is 19.2. The molecule has 2 nitrogen and oxygen atoms in total. The monoisotopic (exact) mass is 1050 g/mol. The molecule has 3 heteroatoms. The van der Waals surface area contributed by atoms with Gasteiger partial charge >= 0.3 is 0 Å². The lowest BCUT2D eigenvalue weighted by Gasteiger charge is -2.30. The minimum absolute atomic E-state index is 0.219. The molecule has 0 radical (unpaired) electrons. The van der Waals surface area contributed by atoms with Gasteiger partial charge in [0.05, 0.1) is 10.8 Å². The van der Waals surface area contributed by atoms with Crippen molar-refractivity contribution in [3.63, 3.8) is 0 Å². The van der Waals surface area contributed by atoms with E-state index in [4.69, 9.17) is 5.73 Å². The number of nitrogens with two attached hydrogens (primary N) is 1. The smallest absolute Gasteiger partial charge is 0.0726 e. The van der Waals surface area contributed by atoms with E-state index in [9.17, 15) is 0 Å². The van der Waals surface area contributed by atoms with Gasteiger partial charge in [-0.3, -0.25) is 0 Å². The van der Waals surface area contributed by atoms with Gasteiger partial charge in [0.25, 0.3) is 0 Å². The fourth-order valence-electron chi connectivity index (χ4n) is 13.2. The van der Waals surface area contributed by atoms with Gasteiger partial charge in [-0.2, -0.15) is 0 Å². The van der Waals surface area contributed by atoms with E-state index >= 15 is 0 Å². The second-order valence-corrected chi connectivity index (χ2v) is 21.1. The van der Waals surface area contributed by atoms with Gasteiger partial charge in [-0.1, -0.05) is 271 Å². The Morgan fingerprint density at radius 2 is 0.571 bits per heavy atom. The first-order chi connectivity index (χ1) is 38.0. The highest BCUT2D eigenvalue weighted by molar-refractivity contribution is 9.10. The van der Waals surface area contributed by atoms with E-state index in [1.807, 2.05) is 42.5 Å². The van der Waals surface area contributed by atoms with Crippen LogP contribution in [0.2, 0.25) is 0 Å². The second kappa shape index (κ2) is 18.8. The standard InChI is InChI=1S/C37H25N.C25H15Br.C12H11N/c1-2-11-25(12-3-1)26-21-23-27(24-22-26)38-35-20-10-19-34-36(35)30-15-6-9-18-33(30)37(34)31-16-7-4-13-28(31)29-14-5-8-17-32(29)37;26-23-15-7-14-22-24(23)18-10-3-6-13-21(18)25(22)19-11-4-1-8-16(19)17-9-2-5-12-20(17)25;13-12-8-6-11(7-9-12)10-4-2-1-3-5-10/h1-24,38H;1-15H;1-9H,13H2. The van der Waals surface area contributed by atoms with Crippen LogP contribution in [0.5, 0.6) is 0 Å². The van der Waals surface area contributed by atoms with Crippen LogP contribution in [0.3, 0.4) is 0 Å². The molecule has 12 aromatic rings. The molecule has 3 N–H and O–H groups in total. The van der Waals surface area contributed by atoms with Crippen LogP contribution < -0.4 is 11.1 Å². The number of fused-ring (bicyclic) bond motifs is 20. The first kappa shape index (κ1) is 46.3. The molecule has 0 aromatic heterocycles. The average molecular weight is 1050 g/mol. The third kappa shape index (κ3) is 7.22. The van der Waals surface area contributed by atoms with Crippen LogP contribution in [0.15, 0.2) is 296 Å². The molecule has 0 saturated carbocycles. The lowest BCUT2D eigenvalue weighted by molar-refractivity contribution is 0.793. The Hall–Kier alpha value is -9.28. The van der Waals surface area contributed by atoms with E-state index in [1.165, 1.54) is 116 Å². The Kier molecular flexibility index (Phi) is 11.3. The van der Waals surface area contributed by atoms with Crippen LogP contribution in [-0.4, -0.2) is 0 Å². The predicted molar refractivity (Wildman–Crippen MR) is 325 cm³/mol. The number of benzene rings is 12. The normalized spacial score (nSPS) is 13.3. The molecule has 4 aliphatic carbocycles. The summed E-state index contributed by atoms with van der Waals surface area (Å²) in [7, 11) is 0. The van der Waals surface area contributed by atoms with Gasteiger partial charge in [-0.15, -0.1) is 0 Å². The summed E-state index contributed by atoms with van der Waals surface area (Å²) in [6.07, 6.45) is 0. The van der Waals surface area contributed by atoms with Crippen LogP contribution in [0.4, 0.5) is 17.1 Å². The summed E-state index contributed by atoms with van der Waals surface area (Å²) in [4.78, 5) is 0. The number of nitrogens with one attached hydrogen (secondary N) is 1. The maximum absolute atomic E-state index is 5.60. The number of rotatable bonds is 4. The third-order valence-electron chi connectivity index (χ3n) is 16.3. The van der Waals surface area contributed by atoms with Crippen molar-refractivity contribution in [2.75, 3.05) is 11.1 Å². The SMILES string of the molecule is Brc1cccc2c1-c1ccccc1C21c2ccccc2-c2ccccc21.Nc1ccc(-c2ccccc2)cc1.c1ccc(-c2ccc(Nc3cccc4c3-c3ccccc3C43c4ccccc4-c4ccccc43)cc2)cc1. The quantitative estimate of drug-likeness (QED) is 0.172. The zero-order valence-electron chi connectivity index (χ0n) is 42.2. The minimum Gasteiger partial charge on any atom is -0.399 e. The lowest BCUT2D eigenvalue weighted by atomic mass is 9.70. The summed E-state index contributed by atoms with van der Waals surface area (Å²) in [5.41, 5.74) is 34.6. The highest BCUT2D eigenvalue weighted by Crippen LogP contribution is 2.65. The third-order valence-corrected chi connectivity index (χ3v) is 16.9. The summed E-state index contributed by atoms with van der Waals surface area (Å²) in [6, 6.07) is 104.